The van der Waals surface area contributed by atoms with Crippen LogP contribution in [0.1, 0.15) is 54.9 Å². The van der Waals surface area contributed by atoms with E-state index in [0.29, 0.717) is 12.1 Å². The Labute approximate surface area is 155 Å². The summed E-state index contributed by atoms with van der Waals surface area (Å²) in [5.41, 5.74) is 0.774. The molecule has 1 aromatic rings. The Kier molecular flexibility index (Phi) is 6.81. The quantitative estimate of drug-likeness (QED) is 0.708. The van der Waals surface area contributed by atoms with Crippen molar-refractivity contribution in [2.75, 3.05) is 19.4 Å². The summed E-state index contributed by atoms with van der Waals surface area (Å²) < 4.78 is 28.5. The average molecular weight is 381 g/mol. The van der Waals surface area contributed by atoms with E-state index in [4.69, 9.17) is 4.74 Å². The summed E-state index contributed by atoms with van der Waals surface area (Å²) in [6.07, 6.45) is 6.50. The molecular formula is C19H27NO5S. The first-order valence-corrected chi connectivity index (χ1v) is 10.9. The van der Waals surface area contributed by atoms with Crippen molar-refractivity contribution in [1.29, 1.82) is 0 Å². The summed E-state index contributed by atoms with van der Waals surface area (Å²) in [5, 5.41) is 0. The number of hydrogen-bond donors (Lipinski definition) is 0. The molecule has 1 saturated carbocycles. The highest BCUT2D eigenvalue weighted by molar-refractivity contribution is 7.90. The minimum atomic E-state index is -3.42. The van der Waals surface area contributed by atoms with Crippen LogP contribution in [0.3, 0.4) is 0 Å². The van der Waals surface area contributed by atoms with Crippen LogP contribution in [0.5, 0.6) is 0 Å². The summed E-state index contributed by atoms with van der Waals surface area (Å²) >= 11 is 0. The summed E-state index contributed by atoms with van der Waals surface area (Å²) in [5.74, 6) is -0.884. The number of sulfone groups is 1. The fourth-order valence-electron chi connectivity index (χ4n) is 3.37. The summed E-state index contributed by atoms with van der Waals surface area (Å²) in [6, 6.07) is 4.54. The van der Waals surface area contributed by atoms with Crippen molar-refractivity contribution in [2.24, 2.45) is 0 Å². The largest absolute Gasteiger partial charge is 0.452 e. The normalized spacial score (nSPS) is 15.5. The molecule has 144 valence electrons. The van der Waals surface area contributed by atoms with E-state index in [1.807, 2.05) is 6.92 Å². The highest BCUT2D eigenvalue weighted by Gasteiger charge is 2.25. The van der Waals surface area contributed by atoms with Gasteiger partial charge in [0.1, 0.15) is 0 Å². The Morgan fingerprint density at radius 1 is 1.19 bits per heavy atom. The molecule has 0 spiro atoms. The van der Waals surface area contributed by atoms with E-state index >= 15 is 0 Å². The molecule has 7 heteroatoms. The van der Waals surface area contributed by atoms with Crippen molar-refractivity contribution in [3.63, 3.8) is 0 Å². The lowest BCUT2D eigenvalue weighted by Crippen LogP contribution is -2.43. The Morgan fingerprint density at radius 3 is 2.42 bits per heavy atom. The van der Waals surface area contributed by atoms with Crippen molar-refractivity contribution in [2.45, 2.75) is 56.9 Å². The lowest BCUT2D eigenvalue weighted by atomic mass is 9.94. The number of ether oxygens (including phenoxy) is 1. The highest BCUT2D eigenvalue weighted by atomic mass is 32.2. The second kappa shape index (κ2) is 8.66. The SMILES string of the molecule is CCN(C(=O)COC(=O)c1cc(S(C)(=O)=O)ccc1C)C1CCCCC1. The topological polar surface area (TPSA) is 80.8 Å². The van der Waals surface area contributed by atoms with Crippen LogP contribution >= 0.6 is 0 Å². The molecule has 0 bridgehead atoms. The molecule has 0 heterocycles. The molecule has 0 unspecified atom stereocenters. The van der Waals surface area contributed by atoms with Crippen LogP contribution < -0.4 is 0 Å². The number of nitrogens with zero attached hydrogens (tertiary/aromatic N) is 1. The van der Waals surface area contributed by atoms with E-state index in [9.17, 15) is 18.0 Å². The summed E-state index contributed by atoms with van der Waals surface area (Å²) in [7, 11) is -3.42. The van der Waals surface area contributed by atoms with Crippen LogP contribution in [0.15, 0.2) is 23.1 Å². The number of amides is 1. The predicted molar refractivity (Wildman–Crippen MR) is 98.8 cm³/mol. The number of aryl methyl sites for hydroxylation is 1. The highest BCUT2D eigenvalue weighted by Crippen LogP contribution is 2.23. The fourth-order valence-corrected chi connectivity index (χ4v) is 4.02. The number of likely N-dealkylation sites (N-methyl/N-ethyl adjacent to an activating group) is 1. The third kappa shape index (κ3) is 5.06. The molecule has 2 rings (SSSR count). The molecule has 0 aromatic heterocycles. The second-order valence-electron chi connectivity index (χ2n) is 6.80. The molecule has 0 aliphatic heterocycles. The number of carbonyl (C=O) groups excluding carboxylic acids is 2. The molecule has 0 N–H and O–H groups in total. The molecule has 1 fully saturated rings. The smallest absolute Gasteiger partial charge is 0.338 e. The number of hydrogen-bond acceptors (Lipinski definition) is 5. The van der Waals surface area contributed by atoms with Crippen LogP contribution in [0.4, 0.5) is 0 Å². The van der Waals surface area contributed by atoms with Crippen LogP contribution in [0, 0.1) is 6.92 Å². The van der Waals surface area contributed by atoms with Crippen molar-refractivity contribution in [1.82, 2.24) is 4.90 Å². The fraction of sp³-hybridized carbons (Fsp3) is 0.579. The van der Waals surface area contributed by atoms with Gasteiger partial charge in [-0.1, -0.05) is 25.3 Å². The van der Waals surface area contributed by atoms with Gasteiger partial charge in [-0.2, -0.15) is 0 Å². The van der Waals surface area contributed by atoms with Crippen molar-refractivity contribution in [3.8, 4) is 0 Å². The van der Waals surface area contributed by atoms with Gasteiger partial charge in [-0.15, -0.1) is 0 Å². The molecule has 26 heavy (non-hydrogen) atoms. The van der Waals surface area contributed by atoms with Crippen LogP contribution in [0.2, 0.25) is 0 Å². The van der Waals surface area contributed by atoms with Gasteiger partial charge in [0, 0.05) is 18.8 Å². The lowest BCUT2D eigenvalue weighted by Gasteiger charge is -2.33. The first-order chi connectivity index (χ1) is 12.2. The third-order valence-electron chi connectivity index (χ3n) is 4.86. The van der Waals surface area contributed by atoms with Crippen molar-refractivity contribution < 1.29 is 22.7 Å². The molecule has 0 radical (unpaired) electrons. The first-order valence-electron chi connectivity index (χ1n) is 9.01. The number of rotatable bonds is 6. The molecule has 1 aliphatic rings. The lowest BCUT2D eigenvalue weighted by molar-refractivity contribution is -0.137. The van der Waals surface area contributed by atoms with Gasteiger partial charge in [0.05, 0.1) is 10.5 Å². The maximum Gasteiger partial charge on any atom is 0.338 e. The molecule has 0 atom stereocenters. The standard InChI is InChI=1S/C19H27NO5S/c1-4-20(15-8-6-5-7-9-15)18(21)13-25-19(22)17-12-16(26(3,23)24)11-10-14(17)2/h10-12,15H,4-9,13H2,1-3H3. The molecule has 0 saturated heterocycles. The van der Waals surface area contributed by atoms with Gasteiger partial charge in [0.15, 0.2) is 16.4 Å². The zero-order chi connectivity index (χ0) is 19.3. The molecule has 1 aromatic carbocycles. The van der Waals surface area contributed by atoms with E-state index in [-0.39, 0.29) is 29.0 Å². The van der Waals surface area contributed by atoms with Gasteiger partial charge < -0.3 is 9.64 Å². The summed E-state index contributed by atoms with van der Waals surface area (Å²) in [4.78, 5) is 26.7. The van der Waals surface area contributed by atoms with Gasteiger partial charge in [0.25, 0.3) is 5.91 Å². The molecular weight excluding hydrogens is 354 g/mol. The second-order valence-corrected chi connectivity index (χ2v) is 8.81. The summed E-state index contributed by atoms with van der Waals surface area (Å²) in [6.45, 7) is 3.88. The zero-order valence-electron chi connectivity index (χ0n) is 15.7. The van der Waals surface area contributed by atoms with E-state index in [1.165, 1.54) is 18.6 Å². The predicted octanol–water partition coefficient (Wildman–Crippen LogP) is 2.74. The number of esters is 1. The molecule has 1 aliphatic carbocycles. The van der Waals surface area contributed by atoms with Gasteiger partial charge in [-0.05, 0) is 44.4 Å². The van der Waals surface area contributed by atoms with E-state index in [0.717, 1.165) is 31.9 Å². The minimum absolute atomic E-state index is 0.0544. The zero-order valence-corrected chi connectivity index (χ0v) is 16.5. The van der Waals surface area contributed by atoms with Crippen molar-refractivity contribution in [3.05, 3.63) is 29.3 Å². The van der Waals surface area contributed by atoms with Gasteiger partial charge in [0.2, 0.25) is 0 Å². The Bertz CT molecular complexity index is 766. The van der Waals surface area contributed by atoms with E-state index in [2.05, 4.69) is 0 Å². The Balaban J connectivity index is 2.04. The van der Waals surface area contributed by atoms with E-state index in [1.54, 1.807) is 17.9 Å². The monoisotopic (exact) mass is 381 g/mol. The number of carbonyl (C=O) groups is 2. The third-order valence-corrected chi connectivity index (χ3v) is 5.97. The van der Waals surface area contributed by atoms with Gasteiger partial charge in [-0.3, -0.25) is 4.79 Å². The maximum absolute atomic E-state index is 12.5. The minimum Gasteiger partial charge on any atom is -0.452 e. The number of benzene rings is 1. The van der Waals surface area contributed by atoms with Gasteiger partial charge in [-0.25, -0.2) is 13.2 Å². The van der Waals surface area contributed by atoms with Crippen LogP contribution in [0.25, 0.3) is 0 Å². The van der Waals surface area contributed by atoms with Crippen LogP contribution in [-0.2, 0) is 19.4 Å². The molecule has 1 amide bonds. The van der Waals surface area contributed by atoms with Crippen molar-refractivity contribution >= 4 is 21.7 Å². The average Bonchev–Trinajstić information content (AvgIpc) is 2.60. The Morgan fingerprint density at radius 2 is 1.85 bits per heavy atom. The van der Waals surface area contributed by atoms with E-state index < -0.39 is 15.8 Å². The molecule has 6 nitrogen and oxygen atoms in total. The maximum atomic E-state index is 12.5. The Hall–Kier alpha value is -1.89. The van der Waals surface area contributed by atoms with Gasteiger partial charge >= 0.3 is 5.97 Å². The van der Waals surface area contributed by atoms with Crippen LogP contribution in [-0.4, -0.2) is 50.6 Å². The first kappa shape index (κ1) is 20.4.